The lowest BCUT2D eigenvalue weighted by Crippen LogP contribution is -2.38. The van der Waals surface area contributed by atoms with E-state index in [1.165, 1.54) is 0 Å². The number of aliphatic hydroxyl groups is 1. The Kier molecular flexibility index (Phi) is 9.16. The SMILES string of the molecule is C/C(=N/OCc1ccccc1)[C@H](CNS(=O)(=O)c1ccc(C)cc1)[C@H](O)/C=C/c1ccccc1. The van der Waals surface area contributed by atoms with Gasteiger partial charge < -0.3 is 9.94 Å². The Morgan fingerprint density at radius 2 is 1.62 bits per heavy atom. The first-order chi connectivity index (χ1) is 16.3. The molecule has 34 heavy (non-hydrogen) atoms. The summed E-state index contributed by atoms with van der Waals surface area (Å²) in [6.45, 7) is 3.84. The van der Waals surface area contributed by atoms with Gasteiger partial charge in [0.1, 0.15) is 6.61 Å². The molecule has 0 amide bonds. The summed E-state index contributed by atoms with van der Waals surface area (Å²) in [5, 5.41) is 15.1. The molecule has 6 nitrogen and oxygen atoms in total. The summed E-state index contributed by atoms with van der Waals surface area (Å²) in [6, 6.07) is 25.8. The van der Waals surface area contributed by atoms with Crippen LogP contribution in [0.1, 0.15) is 23.6 Å². The van der Waals surface area contributed by atoms with Crippen molar-refractivity contribution in [2.75, 3.05) is 6.54 Å². The Morgan fingerprint density at radius 1 is 1.00 bits per heavy atom. The van der Waals surface area contributed by atoms with E-state index in [0.29, 0.717) is 5.71 Å². The number of rotatable bonds is 11. The zero-order valence-corrected chi connectivity index (χ0v) is 20.2. The first-order valence-electron chi connectivity index (χ1n) is 11.0. The summed E-state index contributed by atoms with van der Waals surface area (Å²) in [5.41, 5.74) is 3.33. The van der Waals surface area contributed by atoms with Crippen molar-refractivity contribution in [3.05, 3.63) is 108 Å². The van der Waals surface area contributed by atoms with E-state index in [-0.39, 0.29) is 18.0 Å². The lowest BCUT2D eigenvalue weighted by Gasteiger charge is -2.21. The predicted molar refractivity (Wildman–Crippen MR) is 136 cm³/mol. The number of benzene rings is 3. The number of hydrogen-bond acceptors (Lipinski definition) is 5. The van der Waals surface area contributed by atoms with Gasteiger partial charge in [-0.2, -0.15) is 0 Å². The fourth-order valence-corrected chi connectivity index (χ4v) is 4.33. The third-order valence-electron chi connectivity index (χ3n) is 5.34. The summed E-state index contributed by atoms with van der Waals surface area (Å²) >= 11 is 0. The van der Waals surface area contributed by atoms with Crippen molar-refractivity contribution in [1.29, 1.82) is 0 Å². The maximum absolute atomic E-state index is 12.8. The molecule has 0 heterocycles. The number of hydrogen-bond donors (Lipinski definition) is 2. The quantitative estimate of drug-likeness (QED) is 0.312. The first-order valence-corrected chi connectivity index (χ1v) is 12.5. The van der Waals surface area contributed by atoms with Gasteiger partial charge in [0.2, 0.25) is 10.0 Å². The highest BCUT2D eigenvalue weighted by atomic mass is 32.2. The molecular weight excluding hydrogens is 448 g/mol. The van der Waals surface area contributed by atoms with E-state index in [4.69, 9.17) is 4.84 Å². The van der Waals surface area contributed by atoms with Gasteiger partial charge in [0.05, 0.1) is 16.7 Å². The second-order valence-electron chi connectivity index (χ2n) is 8.02. The molecule has 3 aromatic rings. The molecule has 2 atom stereocenters. The van der Waals surface area contributed by atoms with Crippen LogP contribution in [-0.2, 0) is 21.5 Å². The minimum atomic E-state index is -3.75. The number of nitrogens with one attached hydrogen (secondary N) is 1. The Bertz CT molecular complexity index is 1190. The van der Waals surface area contributed by atoms with Crippen molar-refractivity contribution >= 4 is 21.8 Å². The maximum atomic E-state index is 12.8. The molecule has 2 N–H and O–H groups in total. The molecule has 0 aliphatic heterocycles. The van der Waals surface area contributed by atoms with E-state index in [0.717, 1.165) is 16.7 Å². The summed E-state index contributed by atoms with van der Waals surface area (Å²) in [5.74, 6) is -0.629. The van der Waals surface area contributed by atoms with E-state index in [1.807, 2.05) is 67.6 Å². The largest absolute Gasteiger partial charge is 0.391 e. The third kappa shape index (κ3) is 7.66. The molecule has 0 aliphatic carbocycles. The molecule has 0 bridgehead atoms. The van der Waals surface area contributed by atoms with E-state index in [1.54, 1.807) is 43.3 Å². The number of aryl methyl sites for hydroxylation is 1. The normalized spacial score (nSPS) is 14.1. The average Bonchev–Trinajstić information content (AvgIpc) is 2.84. The molecule has 0 saturated heterocycles. The summed E-state index contributed by atoms with van der Waals surface area (Å²) in [4.78, 5) is 5.65. The van der Waals surface area contributed by atoms with Crippen LogP contribution in [0.2, 0.25) is 0 Å². The van der Waals surface area contributed by atoms with Gasteiger partial charge in [-0.05, 0) is 37.1 Å². The lowest BCUT2D eigenvalue weighted by atomic mass is 9.97. The van der Waals surface area contributed by atoms with Gasteiger partial charge in [0.25, 0.3) is 0 Å². The highest BCUT2D eigenvalue weighted by Gasteiger charge is 2.24. The van der Waals surface area contributed by atoms with Crippen molar-refractivity contribution in [2.45, 2.75) is 31.5 Å². The highest BCUT2D eigenvalue weighted by molar-refractivity contribution is 7.89. The zero-order chi connectivity index (χ0) is 24.4. The molecule has 0 aromatic heterocycles. The second kappa shape index (κ2) is 12.3. The van der Waals surface area contributed by atoms with Crippen molar-refractivity contribution in [3.8, 4) is 0 Å². The van der Waals surface area contributed by atoms with Crippen molar-refractivity contribution in [2.24, 2.45) is 11.1 Å². The van der Waals surface area contributed by atoms with Crippen molar-refractivity contribution in [1.82, 2.24) is 4.72 Å². The van der Waals surface area contributed by atoms with Crippen LogP contribution in [0.25, 0.3) is 6.08 Å². The van der Waals surface area contributed by atoms with Gasteiger partial charge in [0.15, 0.2) is 0 Å². The van der Waals surface area contributed by atoms with Crippen molar-refractivity contribution < 1.29 is 18.4 Å². The number of nitrogens with zero attached hydrogens (tertiary/aromatic N) is 1. The molecule has 0 radical (unpaired) electrons. The van der Waals surface area contributed by atoms with Gasteiger partial charge in [-0.1, -0.05) is 95.7 Å². The molecule has 3 aromatic carbocycles. The molecule has 7 heteroatoms. The Hall–Kier alpha value is -3.26. The van der Waals surface area contributed by atoms with E-state index in [2.05, 4.69) is 9.88 Å². The van der Waals surface area contributed by atoms with Crippen LogP contribution < -0.4 is 4.72 Å². The molecule has 178 valence electrons. The zero-order valence-electron chi connectivity index (χ0n) is 19.3. The fraction of sp³-hybridized carbons (Fsp3) is 0.222. The van der Waals surface area contributed by atoms with Crippen LogP contribution in [0.4, 0.5) is 0 Å². The molecule has 0 aliphatic rings. The molecular formula is C27H30N2O4S. The van der Waals surface area contributed by atoms with Crippen LogP contribution >= 0.6 is 0 Å². The average molecular weight is 479 g/mol. The number of oxime groups is 1. The van der Waals surface area contributed by atoms with Gasteiger partial charge in [0, 0.05) is 12.5 Å². The van der Waals surface area contributed by atoms with E-state index in [9.17, 15) is 13.5 Å². The van der Waals surface area contributed by atoms with Crippen molar-refractivity contribution in [3.63, 3.8) is 0 Å². The fourth-order valence-electron chi connectivity index (χ4n) is 3.27. The van der Waals surface area contributed by atoms with E-state index < -0.39 is 22.0 Å². The van der Waals surface area contributed by atoms with Crippen LogP contribution in [0.15, 0.2) is 101 Å². The Labute approximate surface area is 201 Å². The monoisotopic (exact) mass is 478 g/mol. The van der Waals surface area contributed by atoms with Crippen LogP contribution in [-0.4, -0.2) is 31.9 Å². The van der Waals surface area contributed by atoms with Gasteiger partial charge in [-0.3, -0.25) is 0 Å². The van der Waals surface area contributed by atoms with Crippen LogP contribution in [0, 0.1) is 12.8 Å². The molecule has 0 spiro atoms. The Balaban J connectivity index is 1.75. The molecule has 3 rings (SSSR count). The highest BCUT2D eigenvalue weighted by Crippen LogP contribution is 2.15. The number of sulfonamides is 1. The summed E-state index contributed by atoms with van der Waals surface area (Å²) < 4.78 is 28.2. The van der Waals surface area contributed by atoms with E-state index >= 15 is 0 Å². The number of aliphatic hydroxyl groups excluding tert-OH is 1. The topological polar surface area (TPSA) is 88.0 Å². The summed E-state index contributed by atoms with van der Waals surface area (Å²) in [7, 11) is -3.75. The minimum Gasteiger partial charge on any atom is -0.391 e. The van der Waals surface area contributed by atoms with Gasteiger partial charge >= 0.3 is 0 Å². The minimum absolute atomic E-state index is 0.0411. The smallest absolute Gasteiger partial charge is 0.240 e. The lowest BCUT2D eigenvalue weighted by molar-refractivity contribution is 0.124. The second-order valence-corrected chi connectivity index (χ2v) is 9.79. The molecule has 0 saturated carbocycles. The summed E-state index contributed by atoms with van der Waals surface area (Å²) in [6.07, 6.45) is 2.45. The standard InChI is InChI=1S/C27H30N2O4S/c1-21-13-16-25(17-14-21)34(31,32)28-19-26(27(30)18-15-23-9-5-3-6-10-23)22(2)29-33-20-24-11-7-4-8-12-24/h3-18,26-28,30H,19-20H2,1-2H3/b18-15+,29-22-/t26-,27+/m0/s1. The third-order valence-corrected chi connectivity index (χ3v) is 6.78. The maximum Gasteiger partial charge on any atom is 0.240 e. The molecule has 0 fully saturated rings. The molecule has 0 unspecified atom stereocenters. The van der Waals surface area contributed by atoms with Crippen LogP contribution in [0.3, 0.4) is 0 Å². The van der Waals surface area contributed by atoms with Gasteiger partial charge in [-0.15, -0.1) is 0 Å². The van der Waals surface area contributed by atoms with Crippen LogP contribution in [0.5, 0.6) is 0 Å². The van der Waals surface area contributed by atoms with Gasteiger partial charge in [-0.25, -0.2) is 13.1 Å². The Morgan fingerprint density at radius 3 is 2.26 bits per heavy atom. The first kappa shape index (κ1) is 25.4. The predicted octanol–water partition coefficient (Wildman–Crippen LogP) is 4.56.